The van der Waals surface area contributed by atoms with E-state index in [1.807, 2.05) is 30.3 Å². The van der Waals surface area contributed by atoms with Gasteiger partial charge in [0.1, 0.15) is 12.4 Å². The van der Waals surface area contributed by atoms with Crippen LogP contribution in [0.5, 0.6) is 5.75 Å². The van der Waals surface area contributed by atoms with Crippen molar-refractivity contribution in [1.82, 2.24) is 0 Å². The number of rotatable bonds is 3. The molecule has 1 amide bonds. The standard InChI is InChI=1S/C15H15NO3/c1-11-6-5-9-13(14(11)17)16-15(18)19-10-12-7-3-2-4-8-12/h2-9,17H,10H2,1H3,(H,16,18). The Balaban J connectivity index is 1.93. The van der Waals surface area contributed by atoms with E-state index < -0.39 is 6.09 Å². The molecule has 4 nitrogen and oxygen atoms in total. The average molecular weight is 257 g/mol. The first kappa shape index (κ1) is 13.0. The monoisotopic (exact) mass is 257 g/mol. The van der Waals surface area contributed by atoms with E-state index in [0.717, 1.165) is 5.56 Å². The topological polar surface area (TPSA) is 58.6 Å². The van der Waals surface area contributed by atoms with Gasteiger partial charge in [-0.2, -0.15) is 0 Å². The van der Waals surface area contributed by atoms with E-state index in [9.17, 15) is 9.90 Å². The molecular formula is C15H15NO3. The Morgan fingerprint density at radius 1 is 1.16 bits per heavy atom. The third-order valence-electron chi connectivity index (χ3n) is 2.69. The summed E-state index contributed by atoms with van der Waals surface area (Å²) >= 11 is 0. The second-order valence-electron chi connectivity index (χ2n) is 4.16. The minimum atomic E-state index is -0.593. The van der Waals surface area contributed by atoms with E-state index >= 15 is 0 Å². The number of aromatic hydroxyl groups is 1. The number of amides is 1. The van der Waals surface area contributed by atoms with Gasteiger partial charge in [-0.1, -0.05) is 42.5 Å². The van der Waals surface area contributed by atoms with Crippen molar-refractivity contribution in [3.63, 3.8) is 0 Å². The van der Waals surface area contributed by atoms with Crippen molar-refractivity contribution in [2.24, 2.45) is 0 Å². The molecule has 0 radical (unpaired) electrons. The van der Waals surface area contributed by atoms with E-state index in [4.69, 9.17) is 4.74 Å². The molecule has 19 heavy (non-hydrogen) atoms. The second kappa shape index (κ2) is 5.91. The van der Waals surface area contributed by atoms with Gasteiger partial charge in [0.15, 0.2) is 0 Å². The van der Waals surface area contributed by atoms with Crippen LogP contribution in [0, 0.1) is 6.92 Å². The zero-order chi connectivity index (χ0) is 13.7. The lowest BCUT2D eigenvalue weighted by molar-refractivity contribution is 0.155. The van der Waals surface area contributed by atoms with Crippen LogP contribution in [0.3, 0.4) is 0 Å². The van der Waals surface area contributed by atoms with Crippen LogP contribution in [0.15, 0.2) is 48.5 Å². The van der Waals surface area contributed by atoms with Crippen LogP contribution in [0.2, 0.25) is 0 Å². The lowest BCUT2D eigenvalue weighted by Crippen LogP contribution is -2.13. The number of nitrogens with one attached hydrogen (secondary N) is 1. The summed E-state index contributed by atoms with van der Waals surface area (Å²) in [6, 6.07) is 14.5. The number of phenolic OH excluding ortho intramolecular Hbond substituents is 1. The highest BCUT2D eigenvalue weighted by Gasteiger charge is 2.08. The molecule has 0 aliphatic heterocycles. The average Bonchev–Trinajstić information content (AvgIpc) is 2.43. The lowest BCUT2D eigenvalue weighted by Gasteiger charge is -2.09. The molecule has 2 aromatic rings. The number of ether oxygens (including phenoxy) is 1. The quantitative estimate of drug-likeness (QED) is 0.828. The summed E-state index contributed by atoms with van der Waals surface area (Å²) in [7, 11) is 0. The second-order valence-corrected chi connectivity index (χ2v) is 4.16. The van der Waals surface area contributed by atoms with Gasteiger partial charge in [-0.3, -0.25) is 5.32 Å². The smallest absolute Gasteiger partial charge is 0.412 e. The molecule has 2 rings (SSSR count). The number of hydrogen-bond donors (Lipinski definition) is 2. The summed E-state index contributed by atoms with van der Waals surface area (Å²) in [5.41, 5.74) is 1.95. The summed E-state index contributed by atoms with van der Waals surface area (Å²) in [6.45, 7) is 1.95. The Morgan fingerprint density at radius 3 is 2.63 bits per heavy atom. The molecule has 0 aliphatic carbocycles. The first-order valence-corrected chi connectivity index (χ1v) is 5.93. The van der Waals surface area contributed by atoms with Crippen LogP contribution in [-0.4, -0.2) is 11.2 Å². The normalized spacial score (nSPS) is 9.95. The van der Waals surface area contributed by atoms with Crippen molar-refractivity contribution in [1.29, 1.82) is 0 Å². The third-order valence-corrected chi connectivity index (χ3v) is 2.69. The molecule has 2 aromatic carbocycles. The van der Waals surface area contributed by atoms with Gasteiger partial charge >= 0.3 is 6.09 Å². The first-order chi connectivity index (χ1) is 9.16. The van der Waals surface area contributed by atoms with Crippen molar-refractivity contribution < 1.29 is 14.6 Å². The SMILES string of the molecule is Cc1cccc(NC(=O)OCc2ccccc2)c1O. The predicted molar refractivity (Wildman–Crippen MR) is 73.1 cm³/mol. The molecule has 4 heteroatoms. The summed E-state index contributed by atoms with van der Waals surface area (Å²) in [5, 5.41) is 12.3. The molecule has 0 aliphatic rings. The van der Waals surface area contributed by atoms with E-state index in [0.29, 0.717) is 11.3 Å². The van der Waals surface area contributed by atoms with Crippen LogP contribution >= 0.6 is 0 Å². The molecule has 2 N–H and O–H groups in total. The number of carbonyl (C=O) groups is 1. The zero-order valence-electron chi connectivity index (χ0n) is 10.6. The Bertz CT molecular complexity index is 567. The van der Waals surface area contributed by atoms with Crippen LogP contribution in [0.4, 0.5) is 10.5 Å². The van der Waals surface area contributed by atoms with Crippen LogP contribution in [-0.2, 0) is 11.3 Å². The van der Waals surface area contributed by atoms with E-state index in [1.54, 1.807) is 25.1 Å². The van der Waals surface area contributed by atoms with Crippen LogP contribution in [0.25, 0.3) is 0 Å². The minimum absolute atomic E-state index is 0.0548. The molecule has 0 aromatic heterocycles. The Morgan fingerprint density at radius 2 is 1.89 bits per heavy atom. The number of anilines is 1. The lowest BCUT2D eigenvalue weighted by atomic mass is 10.2. The highest BCUT2D eigenvalue weighted by molar-refractivity contribution is 5.86. The minimum Gasteiger partial charge on any atom is -0.505 e. The fourth-order valence-corrected chi connectivity index (χ4v) is 1.63. The molecule has 0 fully saturated rings. The summed E-state index contributed by atoms with van der Waals surface area (Å²) in [6.07, 6.45) is -0.593. The van der Waals surface area contributed by atoms with Gasteiger partial charge in [-0.15, -0.1) is 0 Å². The molecule has 0 saturated heterocycles. The van der Waals surface area contributed by atoms with Gasteiger partial charge in [0, 0.05) is 0 Å². The van der Waals surface area contributed by atoms with Crippen LogP contribution in [0.1, 0.15) is 11.1 Å². The van der Waals surface area contributed by atoms with E-state index in [-0.39, 0.29) is 12.4 Å². The van der Waals surface area contributed by atoms with Gasteiger partial charge in [-0.05, 0) is 24.1 Å². The first-order valence-electron chi connectivity index (χ1n) is 5.93. The highest BCUT2D eigenvalue weighted by Crippen LogP contribution is 2.26. The zero-order valence-corrected chi connectivity index (χ0v) is 10.6. The number of phenols is 1. The maximum absolute atomic E-state index is 11.6. The van der Waals surface area contributed by atoms with Gasteiger partial charge in [0.25, 0.3) is 0 Å². The Kier molecular flexibility index (Phi) is 4.03. The summed E-state index contributed by atoms with van der Waals surface area (Å²) in [4.78, 5) is 11.6. The van der Waals surface area contributed by atoms with Crippen molar-refractivity contribution in [2.45, 2.75) is 13.5 Å². The molecule has 0 bridgehead atoms. The van der Waals surface area contributed by atoms with Gasteiger partial charge in [0.05, 0.1) is 5.69 Å². The molecule has 0 heterocycles. The molecule has 0 unspecified atom stereocenters. The number of hydrogen-bond acceptors (Lipinski definition) is 3. The number of benzene rings is 2. The Labute approximate surface area is 111 Å². The molecule has 98 valence electrons. The van der Waals surface area contributed by atoms with Gasteiger partial charge in [0.2, 0.25) is 0 Å². The van der Waals surface area contributed by atoms with Gasteiger partial charge < -0.3 is 9.84 Å². The van der Waals surface area contributed by atoms with Crippen molar-refractivity contribution >= 4 is 11.8 Å². The van der Waals surface area contributed by atoms with E-state index in [1.165, 1.54) is 0 Å². The number of aryl methyl sites for hydroxylation is 1. The molecule has 0 spiro atoms. The fraction of sp³-hybridized carbons (Fsp3) is 0.133. The maximum atomic E-state index is 11.6. The van der Waals surface area contributed by atoms with Crippen LogP contribution < -0.4 is 5.32 Å². The van der Waals surface area contributed by atoms with Crippen molar-refractivity contribution in [3.05, 3.63) is 59.7 Å². The predicted octanol–water partition coefficient (Wildman–Crippen LogP) is 3.45. The number of para-hydroxylation sites is 1. The van der Waals surface area contributed by atoms with E-state index in [2.05, 4.69) is 5.32 Å². The fourth-order valence-electron chi connectivity index (χ4n) is 1.63. The summed E-state index contributed by atoms with van der Waals surface area (Å²) in [5.74, 6) is 0.0548. The summed E-state index contributed by atoms with van der Waals surface area (Å²) < 4.78 is 5.07. The molecule has 0 atom stereocenters. The van der Waals surface area contributed by atoms with Crippen molar-refractivity contribution in [2.75, 3.05) is 5.32 Å². The number of carbonyl (C=O) groups excluding carboxylic acids is 1. The highest BCUT2D eigenvalue weighted by atomic mass is 16.5. The third kappa shape index (κ3) is 3.48. The maximum Gasteiger partial charge on any atom is 0.412 e. The molecule has 0 saturated carbocycles. The largest absolute Gasteiger partial charge is 0.505 e. The Hall–Kier alpha value is -2.49. The molecular weight excluding hydrogens is 242 g/mol. The van der Waals surface area contributed by atoms with Gasteiger partial charge in [-0.25, -0.2) is 4.79 Å². The van der Waals surface area contributed by atoms with Crippen molar-refractivity contribution in [3.8, 4) is 5.75 Å².